The zero-order valence-corrected chi connectivity index (χ0v) is 20.8. The fourth-order valence-corrected chi connectivity index (χ4v) is 5.73. The van der Waals surface area contributed by atoms with Crippen LogP contribution in [0.25, 0.3) is 0 Å². The number of hydrogen-bond acceptors (Lipinski definition) is 4. The van der Waals surface area contributed by atoms with E-state index in [4.69, 9.17) is 10.1 Å². The molecule has 2 aromatic rings. The average molecular weight is 494 g/mol. The first-order valence-corrected chi connectivity index (χ1v) is 12.4. The Balaban J connectivity index is 1.62. The van der Waals surface area contributed by atoms with Crippen LogP contribution in [0.1, 0.15) is 74.0 Å². The number of aliphatic carboxylic acids is 1. The average Bonchev–Trinajstić information content (AvgIpc) is 3.08. The van der Waals surface area contributed by atoms with Crippen LogP contribution in [0.4, 0.5) is 4.39 Å². The smallest absolute Gasteiger partial charge is 0.305 e. The van der Waals surface area contributed by atoms with Gasteiger partial charge in [-0.2, -0.15) is 0 Å². The number of carbonyl (C=O) groups excluding carboxylic acids is 2. The molecule has 4 rings (SSSR count). The third-order valence-electron chi connectivity index (χ3n) is 7.13. The molecule has 1 aliphatic heterocycles. The van der Waals surface area contributed by atoms with Gasteiger partial charge in [0, 0.05) is 17.7 Å². The number of rotatable bonds is 7. The van der Waals surface area contributed by atoms with Crippen LogP contribution in [0.3, 0.4) is 0 Å². The van der Waals surface area contributed by atoms with Crippen LogP contribution in [-0.4, -0.2) is 45.7 Å². The van der Waals surface area contributed by atoms with Gasteiger partial charge in [0.15, 0.2) is 0 Å². The number of halogens is 1. The minimum absolute atomic E-state index is 0.0526. The molecule has 1 saturated carbocycles. The third-order valence-corrected chi connectivity index (χ3v) is 7.13. The van der Waals surface area contributed by atoms with Gasteiger partial charge in [0.2, 0.25) is 0 Å². The van der Waals surface area contributed by atoms with Crippen LogP contribution >= 0.6 is 0 Å². The number of amides is 2. The molecule has 7 nitrogen and oxygen atoms in total. The van der Waals surface area contributed by atoms with E-state index in [-0.39, 0.29) is 36.6 Å². The van der Waals surface area contributed by atoms with Gasteiger partial charge < -0.3 is 15.3 Å². The van der Waals surface area contributed by atoms with E-state index in [9.17, 15) is 18.8 Å². The zero-order chi connectivity index (χ0) is 26.0. The number of carboxylic acids is 1. The van der Waals surface area contributed by atoms with E-state index >= 15 is 0 Å². The monoisotopic (exact) mass is 493 g/mol. The number of nitrogens with zero attached hydrogens (tertiary/aromatic N) is 2. The van der Waals surface area contributed by atoms with Gasteiger partial charge in [-0.1, -0.05) is 26.0 Å². The fourth-order valence-electron chi connectivity index (χ4n) is 5.73. The molecule has 2 aliphatic rings. The number of benzene rings is 2. The van der Waals surface area contributed by atoms with Gasteiger partial charge in [-0.25, -0.2) is 4.39 Å². The van der Waals surface area contributed by atoms with Crippen molar-refractivity contribution in [3.05, 3.63) is 71.0 Å². The molecule has 3 atom stereocenters. The molecule has 36 heavy (non-hydrogen) atoms. The summed E-state index contributed by atoms with van der Waals surface area (Å²) in [6, 6.07) is 12.6. The van der Waals surface area contributed by atoms with Crippen molar-refractivity contribution >= 4 is 23.5 Å². The first-order chi connectivity index (χ1) is 17.1. The fraction of sp³-hybridized carbons (Fsp3) is 0.429. The number of carboxylic acid groups (broad SMARTS) is 1. The highest BCUT2D eigenvalue weighted by atomic mass is 19.1. The molecule has 2 N–H and O–H groups in total. The lowest BCUT2D eigenvalue weighted by Crippen LogP contribution is -2.51. The van der Waals surface area contributed by atoms with E-state index in [2.05, 4.69) is 19.2 Å². The second-order valence-electron chi connectivity index (χ2n) is 10.2. The first-order valence-electron chi connectivity index (χ1n) is 12.4. The molecule has 0 bridgehead atoms. The van der Waals surface area contributed by atoms with E-state index in [0.717, 1.165) is 24.8 Å². The lowest BCUT2D eigenvalue weighted by Gasteiger charge is -2.46. The third kappa shape index (κ3) is 5.17. The van der Waals surface area contributed by atoms with Crippen molar-refractivity contribution in [1.29, 1.82) is 0 Å². The molecule has 2 amide bonds. The highest BCUT2D eigenvalue weighted by Crippen LogP contribution is 2.47. The van der Waals surface area contributed by atoms with Crippen molar-refractivity contribution in [2.24, 2.45) is 16.8 Å². The van der Waals surface area contributed by atoms with Crippen molar-refractivity contribution < 1.29 is 23.9 Å². The van der Waals surface area contributed by atoms with Gasteiger partial charge in [0.1, 0.15) is 17.2 Å². The highest BCUT2D eigenvalue weighted by molar-refractivity contribution is 6.46. The molecule has 8 heteroatoms. The lowest BCUT2D eigenvalue weighted by molar-refractivity contribution is -0.137. The zero-order valence-electron chi connectivity index (χ0n) is 20.8. The number of hydrogen-bond donors (Lipinski definition) is 2. The Morgan fingerprint density at radius 1 is 1.11 bits per heavy atom. The number of carbonyl (C=O) groups is 3. The van der Waals surface area contributed by atoms with Crippen LogP contribution in [0.2, 0.25) is 0 Å². The standard InChI is InChI=1S/C28H32FN3O4/c1-17-14-18(2)16-28(15-17)31-25(21-8-10-23(29)11-9-21)27(36)32(28)19(3)20-4-6-22(7-5-20)26(35)30-13-12-24(33)34/h4-11,17-19H,12-16H2,1-3H3,(H,30,35)(H,33,34). The summed E-state index contributed by atoms with van der Waals surface area (Å²) in [7, 11) is 0. The number of aliphatic imine (C=N–C) groups is 1. The van der Waals surface area contributed by atoms with Crippen molar-refractivity contribution in [2.45, 2.75) is 58.2 Å². The Morgan fingerprint density at radius 3 is 2.31 bits per heavy atom. The topological polar surface area (TPSA) is 99.1 Å². The van der Waals surface area contributed by atoms with Gasteiger partial charge >= 0.3 is 5.97 Å². The van der Waals surface area contributed by atoms with Crippen molar-refractivity contribution in [3.63, 3.8) is 0 Å². The molecule has 3 unspecified atom stereocenters. The van der Waals surface area contributed by atoms with Crippen LogP contribution < -0.4 is 5.32 Å². The van der Waals surface area contributed by atoms with E-state index < -0.39 is 11.6 Å². The molecular weight excluding hydrogens is 461 g/mol. The predicted octanol–water partition coefficient (Wildman–Crippen LogP) is 4.58. The normalized spacial score (nSPS) is 24.5. The van der Waals surface area contributed by atoms with Crippen molar-refractivity contribution in [2.75, 3.05) is 6.54 Å². The molecule has 1 aliphatic carbocycles. The Kier molecular flexibility index (Phi) is 7.24. The summed E-state index contributed by atoms with van der Waals surface area (Å²) < 4.78 is 13.6. The Bertz CT molecular complexity index is 1170. The second-order valence-corrected chi connectivity index (χ2v) is 10.2. The molecular formula is C28H32FN3O4. The molecule has 2 aromatic carbocycles. The second kappa shape index (κ2) is 10.2. The van der Waals surface area contributed by atoms with Gasteiger partial charge in [0.25, 0.3) is 11.8 Å². The molecule has 0 saturated heterocycles. The largest absolute Gasteiger partial charge is 0.481 e. The molecule has 1 heterocycles. The Hall–Kier alpha value is -3.55. The summed E-state index contributed by atoms with van der Waals surface area (Å²) in [6.45, 7) is 6.40. The molecule has 1 spiro atoms. The predicted molar refractivity (Wildman–Crippen MR) is 134 cm³/mol. The minimum atomic E-state index is -0.975. The molecule has 1 fully saturated rings. The van der Waals surface area contributed by atoms with Crippen LogP contribution in [0.5, 0.6) is 0 Å². The summed E-state index contributed by atoms with van der Waals surface area (Å²) in [4.78, 5) is 43.8. The first kappa shape index (κ1) is 25.5. The Morgan fingerprint density at radius 2 is 1.72 bits per heavy atom. The van der Waals surface area contributed by atoms with Gasteiger partial charge in [-0.15, -0.1) is 0 Å². The van der Waals surface area contributed by atoms with Gasteiger partial charge in [-0.05, 0) is 80.0 Å². The van der Waals surface area contributed by atoms with Crippen LogP contribution in [0.15, 0.2) is 53.5 Å². The summed E-state index contributed by atoms with van der Waals surface area (Å²) in [6.07, 6.45) is 2.43. The van der Waals surface area contributed by atoms with Crippen molar-refractivity contribution in [1.82, 2.24) is 10.2 Å². The highest BCUT2D eigenvalue weighted by Gasteiger charge is 2.52. The summed E-state index contributed by atoms with van der Waals surface area (Å²) >= 11 is 0. The van der Waals surface area contributed by atoms with E-state index in [1.54, 1.807) is 24.3 Å². The van der Waals surface area contributed by atoms with E-state index in [0.29, 0.717) is 28.7 Å². The Labute approximate surface area is 210 Å². The SMILES string of the molecule is CC1CC(C)CC2(C1)N=C(c1ccc(F)cc1)C(=O)N2C(C)c1ccc(C(=O)NCCC(=O)O)cc1. The molecule has 190 valence electrons. The minimum Gasteiger partial charge on any atom is -0.481 e. The lowest BCUT2D eigenvalue weighted by atomic mass is 9.75. The van der Waals surface area contributed by atoms with Crippen molar-refractivity contribution in [3.8, 4) is 0 Å². The van der Waals surface area contributed by atoms with Crippen LogP contribution in [0, 0.1) is 17.7 Å². The van der Waals surface area contributed by atoms with Crippen LogP contribution in [-0.2, 0) is 9.59 Å². The van der Waals surface area contributed by atoms with E-state index in [1.807, 2.05) is 24.0 Å². The maximum absolute atomic E-state index is 13.8. The number of nitrogens with one attached hydrogen (secondary N) is 1. The summed E-state index contributed by atoms with van der Waals surface area (Å²) in [5.74, 6) is -1.07. The van der Waals surface area contributed by atoms with E-state index in [1.165, 1.54) is 12.1 Å². The van der Waals surface area contributed by atoms with Gasteiger partial charge in [0.05, 0.1) is 12.5 Å². The van der Waals surface area contributed by atoms with Gasteiger partial charge in [-0.3, -0.25) is 19.4 Å². The quantitative estimate of drug-likeness (QED) is 0.590. The maximum Gasteiger partial charge on any atom is 0.305 e. The maximum atomic E-state index is 13.8. The molecule has 0 aromatic heterocycles. The summed E-state index contributed by atoms with van der Waals surface area (Å²) in [5, 5.41) is 11.3. The molecule has 0 radical (unpaired) electrons. The summed E-state index contributed by atoms with van der Waals surface area (Å²) in [5.41, 5.74) is 1.57.